The highest BCUT2D eigenvalue weighted by atomic mass is 127. The SMILES string of the molecule is ClC(c1ccc2c(c1)CCO2)c1cc(I)ccc1Br. The van der Waals surface area contributed by atoms with Gasteiger partial charge >= 0.3 is 0 Å². The smallest absolute Gasteiger partial charge is 0.122 e. The summed E-state index contributed by atoms with van der Waals surface area (Å²) < 4.78 is 7.76. The topological polar surface area (TPSA) is 9.23 Å². The van der Waals surface area contributed by atoms with Gasteiger partial charge in [0.1, 0.15) is 5.75 Å². The van der Waals surface area contributed by atoms with E-state index in [1.54, 1.807) is 0 Å². The van der Waals surface area contributed by atoms with Crippen LogP contribution in [0.5, 0.6) is 5.75 Å². The fourth-order valence-corrected chi connectivity index (χ4v) is 3.69. The molecule has 0 amide bonds. The van der Waals surface area contributed by atoms with E-state index in [0.717, 1.165) is 34.4 Å². The van der Waals surface area contributed by atoms with E-state index in [4.69, 9.17) is 16.3 Å². The molecule has 0 aliphatic carbocycles. The van der Waals surface area contributed by atoms with Crippen LogP contribution in [0.4, 0.5) is 0 Å². The lowest BCUT2D eigenvalue weighted by Gasteiger charge is -2.14. The second-order valence-corrected chi connectivity index (χ2v) is 7.03. The molecule has 0 aromatic heterocycles. The van der Waals surface area contributed by atoms with Crippen LogP contribution in [-0.4, -0.2) is 6.61 Å². The van der Waals surface area contributed by atoms with Crippen LogP contribution in [0.25, 0.3) is 0 Å². The second kappa shape index (κ2) is 5.62. The van der Waals surface area contributed by atoms with E-state index in [9.17, 15) is 0 Å². The van der Waals surface area contributed by atoms with Gasteiger partial charge in [0.25, 0.3) is 0 Å². The average molecular weight is 450 g/mol. The molecule has 3 rings (SSSR count). The van der Waals surface area contributed by atoms with Gasteiger partial charge in [-0.2, -0.15) is 0 Å². The zero-order valence-corrected chi connectivity index (χ0v) is 14.5. The highest BCUT2D eigenvalue weighted by molar-refractivity contribution is 14.1. The Hall–Kier alpha value is -0.260. The molecule has 0 N–H and O–H groups in total. The van der Waals surface area contributed by atoms with Crippen LogP contribution >= 0.6 is 50.1 Å². The minimum atomic E-state index is -0.144. The van der Waals surface area contributed by atoms with Gasteiger partial charge in [-0.3, -0.25) is 0 Å². The molecule has 98 valence electrons. The number of halogens is 3. The zero-order valence-electron chi connectivity index (χ0n) is 10.00. The second-order valence-electron chi connectivity index (χ2n) is 4.49. The number of hydrogen-bond acceptors (Lipinski definition) is 1. The predicted molar refractivity (Wildman–Crippen MR) is 90.2 cm³/mol. The number of hydrogen-bond donors (Lipinski definition) is 0. The largest absolute Gasteiger partial charge is 0.493 e. The molecule has 1 aliphatic rings. The third-order valence-electron chi connectivity index (χ3n) is 3.24. The molecule has 0 spiro atoms. The first-order valence-corrected chi connectivity index (χ1v) is 8.30. The summed E-state index contributed by atoms with van der Waals surface area (Å²) >= 11 is 12.5. The van der Waals surface area contributed by atoms with Gasteiger partial charge in [-0.05, 0) is 63.5 Å². The van der Waals surface area contributed by atoms with Gasteiger partial charge in [-0.25, -0.2) is 0 Å². The van der Waals surface area contributed by atoms with Crippen LogP contribution in [0, 0.1) is 3.57 Å². The van der Waals surface area contributed by atoms with Crippen LogP contribution in [0.1, 0.15) is 22.1 Å². The van der Waals surface area contributed by atoms with Crippen molar-refractivity contribution in [1.82, 2.24) is 0 Å². The fraction of sp³-hybridized carbons (Fsp3) is 0.200. The molecule has 2 aromatic rings. The third-order valence-corrected chi connectivity index (χ3v) is 5.12. The average Bonchev–Trinajstić information content (AvgIpc) is 2.88. The van der Waals surface area contributed by atoms with Crippen molar-refractivity contribution in [1.29, 1.82) is 0 Å². The van der Waals surface area contributed by atoms with Crippen molar-refractivity contribution in [3.8, 4) is 5.75 Å². The van der Waals surface area contributed by atoms with Crippen LogP contribution in [0.15, 0.2) is 40.9 Å². The van der Waals surface area contributed by atoms with Gasteiger partial charge in [0.2, 0.25) is 0 Å². The summed E-state index contributed by atoms with van der Waals surface area (Å²) in [4.78, 5) is 0. The normalized spacial score (nSPS) is 14.9. The molecule has 2 aromatic carbocycles. The molecule has 0 fully saturated rings. The maximum Gasteiger partial charge on any atom is 0.122 e. The number of alkyl halides is 1. The molecule has 1 aliphatic heterocycles. The van der Waals surface area contributed by atoms with Gasteiger partial charge in [0, 0.05) is 14.5 Å². The van der Waals surface area contributed by atoms with E-state index in [1.165, 1.54) is 9.13 Å². The number of rotatable bonds is 2. The molecule has 1 unspecified atom stereocenters. The van der Waals surface area contributed by atoms with Crippen molar-refractivity contribution in [2.75, 3.05) is 6.61 Å². The molecule has 1 nitrogen and oxygen atoms in total. The van der Waals surface area contributed by atoms with Crippen molar-refractivity contribution >= 4 is 50.1 Å². The summed E-state index contributed by atoms with van der Waals surface area (Å²) in [6, 6.07) is 12.5. The van der Waals surface area contributed by atoms with Gasteiger partial charge in [0.15, 0.2) is 0 Å². The summed E-state index contributed by atoms with van der Waals surface area (Å²) in [6.45, 7) is 0.776. The first-order chi connectivity index (χ1) is 9.15. The molecule has 0 radical (unpaired) electrons. The Balaban J connectivity index is 1.99. The van der Waals surface area contributed by atoms with Crippen molar-refractivity contribution < 1.29 is 4.74 Å². The molecular weight excluding hydrogens is 438 g/mol. The summed E-state index contributed by atoms with van der Waals surface area (Å²) in [5.74, 6) is 0.995. The quantitative estimate of drug-likeness (QED) is 0.446. The highest BCUT2D eigenvalue weighted by Gasteiger charge is 2.18. The Morgan fingerprint density at radius 3 is 2.89 bits per heavy atom. The molecule has 1 atom stereocenters. The standard InChI is InChI=1S/C15H11BrClIO/c16-13-3-2-11(18)8-12(13)15(17)10-1-4-14-9(7-10)5-6-19-14/h1-4,7-8,15H,5-6H2. The van der Waals surface area contributed by atoms with E-state index in [0.29, 0.717) is 0 Å². The Morgan fingerprint density at radius 2 is 2.05 bits per heavy atom. The lowest BCUT2D eigenvalue weighted by molar-refractivity contribution is 0.357. The van der Waals surface area contributed by atoms with Crippen molar-refractivity contribution in [2.24, 2.45) is 0 Å². The minimum Gasteiger partial charge on any atom is -0.493 e. The monoisotopic (exact) mass is 448 g/mol. The van der Waals surface area contributed by atoms with Gasteiger partial charge in [0.05, 0.1) is 12.0 Å². The summed E-state index contributed by atoms with van der Waals surface area (Å²) in [5.41, 5.74) is 3.48. The van der Waals surface area contributed by atoms with E-state index < -0.39 is 0 Å². The lowest BCUT2D eigenvalue weighted by atomic mass is 10.0. The lowest BCUT2D eigenvalue weighted by Crippen LogP contribution is -1.96. The van der Waals surface area contributed by atoms with E-state index in [2.05, 4.69) is 56.7 Å². The molecule has 4 heteroatoms. The third kappa shape index (κ3) is 2.78. The Bertz CT molecular complexity index is 630. The Kier molecular flexibility index (Phi) is 4.06. The Labute approximate surface area is 139 Å². The van der Waals surface area contributed by atoms with Crippen LogP contribution in [-0.2, 0) is 6.42 Å². The van der Waals surface area contributed by atoms with Crippen molar-refractivity contribution in [3.05, 3.63) is 61.1 Å². The molecule has 0 bridgehead atoms. The first kappa shape index (κ1) is 13.7. The van der Waals surface area contributed by atoms with Gasteiger partial charge in [-0.15, -0.1) is 11.6 Å². The van der Waals surface area contributed by atoms with Gasteiger partial charge < -0.3 is 4.74 Å². The maximum atomic E-state index is 6.64. The highest BCUT2D eigenvalue weighted by Crippen LogP contribution is 2.37. The number of benzene rings is 2. The van der Waals surface area contributed by atoms with E-state index in [1.807, 2.05) is 18.2 Å². The number of fused-ring (bicyclic) bond motifs is 1. The predicted octanol–water partition coefficient (Wildman–Crippen LogP) is 5.32. The fourth-order valence-electron chi connectivity index (χ4n) is 2.25. The Morgan fingerprint density at radius 1 is 1.21 bits per heavy atom. The minimum absolute atomic E-state index is 0.144. The molecule has 0 saturated heterocycles. The van der Waals surface area contributed by atoms with E-state index >= 15 is 0 Å². The van der Waals surface area contributed by atoms with Crippen molar-refractivity contribution in [3.63, 3.8) is 0 Å². The van der Waals surface area contributed by atoms with E-state index in [-0.39, 0.29) is 5.38 Å². The first-order valence-electron chi connectivity index (χ1n) is 6.00. The van der Waals surface area contributed by atoms with Crippen LogP contribution in [0.2, 0.25) is 0 Å². The summed E-state index contributed by atoms with van der Waals surface area (Å²) in [5, 5.41) is -0.144. The van der Waals surface area contributed by atoms with Crippen molar-refractivity contribution in [2.45, 2.75) is 11.8 Å². The molecule has 19 heavy (non-hydrogen) atoms. The van der Waals surface area contributed by atoms with Crippen LogP contribution in [0.3, 0.4) is 0 Å². The summed E-state index contributed by atoms with van der Waals surface area (Å²) in [7, 11) is 0. The van der Waals surface area contributed by atoms with Crippen LogP contribution < -0.4 is 4.74 Å². The number of ether oxygens (including phenoxy) is 1. The van der Waals surface area contributed by atoms with Gasteiger partial charge in [-0.1, -0.05) is 28.1 Å². The maximum absolute atomic E-state index is 6.64. The molecule has 0 saturated carbocycles. The zero-order chi connectivity index (χ0) is 13.4. The molecular formula is C15H11BrClIO. The summed E-state index contributed by atoms with van der Waals surface area (Å²) in [6.07, 6.45) is 0.972. The molecule has 1 heterocycles.